The lowest BCUT2D eigenvalue weighted by Crippen LogP contribution is -2.41. The number of hydrogen-bond donors (Lipinski definition) is 0. The number of rotatable bonds is 4. The van der Waals surface area contributed by atoms with Gasteiger partial charge in [0.2, 0.25) is 5.91 Å². The van der Waals surface area contributed by atoms with Crippen molar-refractivity contribution in [3.63, 3.8) is 0 Å². The predicted octanol–water partition coefficient (Wildman–Crippen LogP) is 3.17. The number of benzene rings is 1. The van der Waals surface area contributed by atoms with Gasteiger partial charge in [-0.1, -0.05) is 0 Å². The van der Waals surface area contributed by atoms with Gasteiger partial charge in [0.15, 0.2) is 0 Å². The zero-order chi connectivity index (χ0) is 23.9. The van der Waals surface area contributed by atoms with Crippen LogP contribution in [-0.2, 0) is 27.2 Å². The number of esters is 1. The van der Waals surface area contributed by atoms with Crippen LogP contribution in [0.3, 0.4) is 0 Å². The van der Waals surface area contributed by atoms with E-state index in [1.54, 1.807) is 12.0 Å². The van der Waals surface area contributed by atoms with E-state index < -0.39 is 5.63 Å². The van der Waals surface area contributed by atoms with Crippen molar-refractivity contribution in [1.29, 1.82) is 0 Å². The largest absolute Gasteiger partial charge is 0.496 e. The highest BCUT2D eigenvalue weighted by molar-refractivity contribution is 5.93. The molecule has 1 aromatic carbocycles. The molecule has 0 atom stereocenters. The Morgan fingerprint density at radius 1 is 1.21 bits per heavy atom. The Kier molecular flexibility index (Phi) is 6.12. The van der Waals surface area contributed by atoms with E-state index in [0.717, 1.165) is 18.4 Å². The van der Waals surface area contributed by atoms with Crippen LogP contribution < -0.4 is 15.1 Å². The van der Waals surface area contributed by atoms with Crippen LogP contribution in [0.1, 0.15) is 49.8 Å². The van der Waals surface area contributed by atoms with Crippen LogP contribution in [0.15, 0.2) is 15.3 Å². The minimum atomic E-state index is -0.516. The van der Waals surface area contributed by atoms with Gasteiger partial charge in [-0.15, -0.1) is 0 Å². The second-order valence-corrected chi connectivity index (χ2v) is 9.47. The van der Waals surface area contributed by atoms with Crippen LogP contribution >= 0.6 is 0 Å². The number of carbonyl (C=O) groups is 2. The predicted molar refractivity (Wildman–Crippen MR) is 122 cm³/mol. The zero-order valence-corrected chi connectivity index (χ0v) is 19.9. The van der Waals surface area contributed by atoms with Crippen LogP contribution in [0.25, 0.3) is 11.0 Å². The van der Waals surface area contributed by atoms with Crippen LogP contribution in [0.2, 0.25) is 0 Å². The highest BCUT2D eigenvalue weighted by Gasteiger charge is 2.32. The van der Waals surface area contributed by atoms with Crippen molar-refractivity contribution in [2.45, 2.75) is 58.5 Å². The average Bonchev–Trinajstić information content (AvgIpc) is 2.79. The Morgan fingerprint density at radius 3 is 2.55 bits per heavy atom. The molecule has 0 radical (unpaired) electrons. The SMILES string of the molecule is COC(=O)C1CCN(C(=O)Cc2c(C)c3c(OC)cc4c(c3oc2=O)CCC(C)(C)O4)CC1. The van der Waals surface area contributed by atoms with Crippen molar-refractivity contribution in [2.75, 3.05) is 27.3 Å². The summed E-state index contributed by atoms with van der Waals surface area (Å²) in [5, 5.41) is 0.700. The van der Waals surface area contributed by atoms with Crippen LogP contribution in [0, 0.1) is 12.8 Å². The fourth-order valence-corrected chi connectivity index (χ4v) is 4.84. The molecule has 3 heterocycles. The molecular formula is C25H31NO7. The van der Waals surface area contributed by atoms with Crippen LogP contribution in [0.5, 0.6) is 11.5 Å². The van der Waals surface area contributed by atoms with Gasteiger partial charge in [-0.2, -0.15) is 0 Å². The minimum Gasteiger partial charge on any atom is -0.496 e. The summed E-state index contributed by atoms with van der Waals surface area (Å²) in [6.45, 7) is 6.79. The molecule has 1 fully saturated rings. The molecule has 0 saturated carbocycles. The minimum absolute atomic E-state index is 0.0588. The number of ether oxygens (including phenoxy) is 3. The number of fused-ring (bicyclic) bond motifs is 3. The molecule has 0 unspecified atom stereocenters. The molecule has 178 valence electrons. The number of nitrogens with zero attached hydrogens (tertiary/aromatic N) is 1. The average molecular weight is 458 g/mol. The zero-order valence-electron chi connectivity index (χ0n) is 19.9. The quantitative estimate of drug-likeness (QED) is 0.514. The molecule has 0 spiro atoms. The number of methoxy groups -OCH3 is 2. The van der Waals surface area contributed by atoms with E-state index in [2.05, 4.69) is 0 Å². The van der Waals surface area contributed by atoms with Crippen LogP contribution in [-0.4, -0.2) is 49.7 Å². The van der Waals surface area contributed by atoms with Gasteiger partial charge in [0, 0.05) is 24.7 Å². The summed E-state index contributed by atoms with van der Waals surface area (Å²) in [7, 11) is 2.94. The summed E-state index contributed by atoms with van der Waals surface area (Å²) in [5.74, 6) is 0.630. The maximum atomic E-state index is 13.0. The first-order valence-electron chi connectivity index (χ1n) is 11.4. The Balaban J connectivity index is 1.65. The molecule has 0 aliphatic carbocycles. The molecule has 1 aromatic heterocycles. The third kappa shape index (κ3) is 4.30. The molecule has 8 nitrogen and oxygen atoms in total. The molecule has 2 aliphatic rings. The lowest BCUT2D eigenvalue weighted by Gasteiger charge is -2.33. The molecule has 4 rings (SSSR count). The monoisotopic (exact) mass is 457 g/mol. The Bertz CT molecular complexity index is 1160. The number of amides is 1. The summed E-state index contributed by atoms with van der Waals surface area (Å²) >= 11 is 0. The van der Waals surface area contributed by atoms with E-state index in [9.17, 15) is 14.4 Å². The van der Waals surface area contributed by atoms with Gasteiger partial charge in [0.05, 0.1) is 37.5 Å². The van der Waals surface area contributed by atoms with E-state index in [4.69, 9.17) is 18.6 Å². The summed E-state index contributed by atoms with van der Waals surface area (Å²) in [4.78, 5) is 39.4. The highest BCUT2D eigenvalue weighted by atomic mass is 16.5. The molecule has 1 saturated heterocycles. The molecule has 2 aromatic rings. The smallest absolute Gasteiger partial charge is 0.340 e. The number of likely N-dealkylation sites (tertiary alicyclic amines) is 1. The van der Waals surface area contributed by atoms with E-state index in [0.29, 0.717) is 59.5 Å². The van der Waals surface area contributed by atoms with Gasteiger partial charge >= 0.3 is 11.6 Å². The van der Waals surface area contributed by atoms with Gasteiger partial charge < -0.3 is 23.5 Å². The number of hydrogen-bond acceptors (Lipinski definition) is 7. The fourth-order valence-electron chi connectivity index (χ4n) is 4.84. The van der Waals surface area contributed by atoms with Gasteiger partial charge in [-0.05, 0) is 52.0 Å². The van der Waals surface area contributed by atoms with Crippen molar-refractivity contribution >= 4 is 22.8 Å². The standard InChI is InChI=1S/C25H31NO7/c1-14-17(12-20(27)26-10-7-15(8-11-26)23(28)31-5)24(29)32-22-16-6-9-25(2,3)33-18(16)13-19(30-4)21(14)22/h13,15H,6-12H2,1-5H3. The Hall–Kier alpha value is -3.03. The maximum absolute atomic E-state index is 13.0. The number of carbonyl (C=O) groups excluding carboxylic acids is 2. The van der Waals surface area contributed by atoms with Crippen molar-refractivity contribution in [3.8, 4) is 11.5 Å². The first-order chi connectivity index (χ1) is 15.6. The molecule has 1 amide bonds. The first kappa shape index (κ1) is 23.1. The van der Waals surface area contributed by atoms with Gasteiger partial charge in [0.25, 0.3) is 0 Å². The van der Waals surface area contributed by atoms with Gasteiger partial charge in [-0.3, -0.25) is 9.59 Å². The molecular weight excluding hydrogens is 426 g/mol. The summed E-state index contributed by atoms with van der Waals surface area (Å²) in [6, 6.07) is 1.84. The second kappa shape index (κ2) is 8.72. The highest BCUT2D eigenvalue weighted by Crippen LogP contribution is 2.43. The summed E-state index contributed by atoms with van der Waals surface area (Å²) in [6.07, 6.45) is 2.57. The first-order valence-corrected chi connectivity index (χ1v) is 11.4. The Morgan fingerprint density at radius 2 is 1.91 bits per heavy atom. The maximum Gasteiger partial charge on any atom is 0.340 e. The van der Waals surface area contributed by atoms with Gasteiger partial charge in [-0.25, -0.2) is 4.79 Å². The molecule has 33 heavy (non-hydrogen) atoms. The molecule has 0 bridgehead atoms. The van der Waals surface area contributed by atoms with E-state index in [-0.39, 0.29) is 29.8 Å². The molecule has 2 aliphatic heterocycles. The van der Waals surface area contributed by atoms with Crippen molar-refractivity contribution < 1.29 is 28.2 Å². The molecule has 0 N–H and O–H groups in total. The normalized spacial score (nSPS) is 17.9. The second-order valence-electron chi connectivity index (χ2n) is 9.47. The van der Waals surface area contributed by atoms with E-state index in [1.807, 2.05) is 26.8 Å². The van der Waals surface area contributed by atoms with Gasteiger partial charge in [0.1, 0.15) is 22.7 Å². The third-order valence-corrected chi connectivity index (χ3v) is 6.87. The summed E-state index contributed by atoms with van der Waals surface area (Å²) < 4.78 is 22.3. The number of aryl methyl sites for hydroxylation is 2. The van der Waals surface area contributed by atoms with Crippen LogP contribution in [0.4, 0.5) is 0 Å². The van der Waals surface area contributed by atoms with E-state index >= 15 is 0 Å². The van der Waals surface area contributed by atoms with E-state index in [1.165, 1.54) is 7.11 Å². The Labute approximate surface area is 192 Å². The summed E-state index contributed by atoms with van der Waals surface area (Å²) in [5.41, 5.74) is 1.51. The van der Waals surface area contributed by atoms with Crippen molar-refractivity contribution in [3.05, 3.63) is 33.2 Å². The fraction of sp³-hybridized carbons (Fsp3) is 0.560. The van der Waals surface area contributed by atoms with Crippen molar-refractivity contribution in [2.24, 2.45) is 5.92 Å². The topological polar surface area (TPSA) is 95.3 Å². The van der Waals surface area contributed by atoms with Crippen molar-refractivity contribution in [1.82, 2.24) is 4.90 Å². The lowest BCUT2D eigenvalue weighted by atomic mass is 9.91. The molecule has 8 heteroatoms. The lowest BCUT2D eigenvalue weighted by molar-refractivity contribution is -0.148. The number of piperidine rings is 1. The third-order valence-electron chi connectivity index (χ3n) is 6.87.